The van der Waals surface area contributed by atoms with Crippen molar-refractivity contribution < 1.29 is 0 Å². The molecule has 1 rings (SSSR count). The Morgan fingerprint density at radius 1 is 1.24 bits per heavy atom. The predicted molar refractivity (Wildman–Crippen MR) is 75.6 cm³/mol. The van der Waals surface area contributed by atoms with Gasteiger partial charge in [-0.25, -0.2) is 0 Å². The fraction of sp³-hybridized carbons (Fsp3) is 0.571. The molecule has 1 aromatic carbocycles. The molecular formula is C14H23ClN2. The first-order valence-corrected chi connectivity index (χ1v) is 6.74. The van der Waals surface area contributed by atoms with Crippen LogP contribution in [0.5, 0.6) is 0 Å². The summed E-state index contributed by atoms with van der Waals surface area (Å²) < 4.78 is 0. The summed E-state index contributed by atoms with van der Waals surface area (Å²) in [5.41, 5.74) is 1.21. The van der Waals surface area contributed by atoms with Crippen LogP contribution in [0.3, 0.4) is 0 Å². The van der Waals surface area contributed by atoms with Gasteiger partial charge in [-0.2, -0.15) is 0 Å². The molecule has 0 saturated heterocycles. The number of nitrogens with one attached hydrogen (secondary N) is 1. The molecule has 0 spiro atoms. The average Bonchev–Trinajstić information content (AvgIpc) is 2.32. The highest BCUT2D eigenvalue weighted by molar-refractivity contribution is 6.31. The molecule has 0 fully saturated rings. The van der Waals surface area contributed by atoms with E-state index in [9.17, 15) is 0 Å². The number of benzene rings is 1. The first-order valence-electron chi connectivity index (χ1n) is 6.36. The quantitative estimate of drug-likeness (QED) is 0.717. The van der Waals surface area contributed by atoms with Gasteiger partial charge in [0.05, 0.1) is 0 Å². The maximum absolute atomic E-state index is 6.13. The molecule has 96 valence electrons. The molecule has 0 saturated carbocycles. The minimum absolute atomic E-state index is 0.864. The summed E-state index contributed by atoms with van der Waals surface area (Å²) >= 11 is 6.13. The Bertz CT molecular complexity index is 315. The van der Waals surface area contributed by atoms with E-state index in [-0.39, 0.29) is 0 Å². The van der Waals surface area contributed by atoms with Crippen LogP contribution in [-0.4, -0.2) is 31.6 Å². The lowest BCUT2D eigenvalue weighted by molar-refractivity contribution is 0.320. The zero-order valence-electron chi connectivity index (χ0n) is 10.9. The van der Waals surface area contributed by atoms with Crippen LogP contribution in [-0.2, 0) is 6.54 Å². The molecule has 0 radical (unpaired) electrons. The highest BCUT2D eigenvalue weighted by Gasteiger charge is 2.03. The minimum atomic E-state index is 0.864. The topological polar surface area (TPSA) is 15.3 Å². The molecule has 0 amide bonds. The molecule has 1 aromatic rings. The Balaban J connectivity index is 2.21. The van der Waals surface area contributed by atoms with Gasteiger partial charge in [0, 0.05) is 11.6 Å². The lowest BCUT2D eigenvalue weighted by Gasteiger charge is -2.17. The summed E-state index contributed by atoms with van der Waals surface area (Å²) in [6.07, 6.45) is 2.39. The molecule has 0 aliphatic rings. The van der Waals surface area contributed by atoms with E-state index in [0.717, 1.165) is 31.2 Å². The SMILES string of the molecule is CCCNCCCN(C)Cc1ccccc1Cl. The Hall–Kier alpha value is -0.570. The van der Waals surface area contributed by atoms with Crippen LogP contribution in [0.15, 0.2) is 24.3 Å². The molecule has 3 heteroatoms. The van der Waals surface area contributed by atoms with Gasteiger partial charge < -0.3 is 10.2 Å². The van der Waals surface area contributed by atoms with E-state index in [1.165, 1.54) is 18.4 Å². The Morgan fingerprint density at radius 3 is 2.71 bits per heavy atom. The van der Waals surface area contributed by atoms with E-state index in [4.69, 9.17) is 11.6 Å². The molecule has 1 N–H and O–H groups in total. The van der Waals surface area contributed by atoms with Gasteiger partial charge in [-0.05, 0) is 51.2 Å². The third-order valence-corrected chi connectivity index (χ3v) is 3.09. The van der Waals surface area contributed by atoms with Crippen molar-refractivity contribution in [2.75, 3.05) is 26.7 Å². The second-order valence-corrected chi connectivity index (χ2v) is 4.84. The van der Waals surface area contributed by atoms with Crippen LogP contribution in [0.1, 0.15) is 25.3 Å². The summed E-state index contributed by atoms with van der Waals surface area (Å²) in [4.78, 5) is 2.31. The van der Waals surface area contributed by atoms with Crippen LogP contribution < -0.4 is 5.32 Å². The number of hydrogen-bond donors (Lipinski definition) is 1. The maximum Gasteiger partial charge on any atom is 0.0451 e. The largest absolute Gasteiger partial charge is 0.317 e. The van der Waals surface area contributed by atoms with Gasteiger partial charge in [0.25, 0.3) is 0 Å². The summed E-state index contributed by atoms with van der Waals surface area (Å²) in [6, 6.07) is 8.06. The van der Waals surface area contributed by atoms with Crippen molar-refractivity contribution >= 4 is 11.6 Å². The molecule has 0 atom stereocenters. The van der Waals surface area contributed by atoms with Gasteiger partial charge in [0.2, 0.25) is 0 Å². The lowest BCUT2D eigenvalue weighted by atomic mass is 10.2. The molecule has 2 nitrogen and oxygen atoms in total. The Kier molecular flexibility index (Phi) is 7.25. The van der Waals surface area contributed by atoms with Crippen LogP contribution in [0, 0.1) is 0 Å². The number of nitrogens with zero attached hydrogens (tertiary/aromatic N) is 1. The average molecular weight is 255 g/mol. The van der Waals surface area contributed by atoms with Gasteiger partial charge >= 0.3 is 0 Å². The van der Waals surface area contributed by atoms with E-state index in [1.54, 1.807) is 0 Å². The molecule has 0 heterocycles. The zero-order valence-corrected chi connectivity index (χ0v) is 11.6. The summed E-state index contributed by atoms with van der Waals surface area (Å²) in [7, 11) is 2.14. The Morgan fingerprint density at radius 2 is 2.00 bits per heavy atom. The van der Waals surface area contributed by atoms with Gasteiger partial charge in [0.1, 0.15) is 0 Å². The Labute approximate surface area is 110 Å². The van der Waals surface area contributed by atoms with Crippen LogP contribution >= 0.6 is 11.6 Å². The highest BCUT2D eigenvalue weighted by atomic mass is 35.5. The van der Waals surface area contributed by atoms with Crippen LogP contribution in [0.25, 0.3) is 0 Å². The van der Waals surface area contributed by atoms with E-state index in [0.29, 0.717) is 0 Å². The van der Waals surface area contributed by atoms with Crippen LogP contribution in [0.4, 0.5) is 0 Å². The van der Waals surface area contributed by atoms with Crippen molar-refractivity contribution in [3.63, 3.8) is 0 Å². The fourth-order valence-electron chi connectivity index (χ4n) is 1.77. The second kappa shape index (κ2) is 8.51. The molecule has 0 unspecified atom stereocenters. The highest BCUT2D eigenvalue weighted by Crippen LogP contribution is 2.16. The van der Waals surface area contributed by atoms with Crippen molar-refractivity contribution in [3.8, 4) is 0 Å². The van der Waals surface area contributed by atoms with Crippen molar-refractivity contribution in [3.05, 3.63) is 34.9 Å². The first-order chi connectivity index (χ1) is 8.24. The molecule has 0 aromatic heterocycles. The summed E-state index contributed by atoms with van der Waals surface area (Å²) in [6.45, 7) is 6.43. The predicted octanol–water partition coefficient (Wildman–Crippen LogP) is 3.16. The fourth-order valence-corrected chi connectivity index (χ4v) is 1.97. The number of hydrogen-bond acceptors (Lipinski definition) is 2. The maximum atomic E-state index is 6.13. The minimum Gasteiger partial charge on any atom is -0.317 e. The smallest absolute Gasteiger partial charge is 0.0451 e. The lowest BCUT2D eigenvalue weighted by Crippen LogP contribution is -2.24. The van der Waals surface area contributed by atoms with E-state index < -0.39 is 0 Å². The third-order valence-electron chi connectivity index (χ3n) is 2.72. The van der Waals surface area contributed by atoms with Crippen molar-refractivity contribution in [2.24, 2.45) is 0 Å². The van der Waals surface area contributed by atoms with Crippen LogP contribution in [0.2, 0.25) is 5.02 Å². The van der Waals surface area contributed by atoms with Crippen molar-refractivity contribution in [1.29, 1.82) is 0 Å². The van der Waals surface area contributed by atoms with Gasteiger partial charge in [-0.15, -0.1) is 0 Å². The van der Waals surface area contributed by atoms with Crippen molar-refractivity contribution in [1.82, 2.24) is 10.2 Å². The molecule has 0 aliphatic carbocycles. The molecule has 0 aliphatic heterocycles. The summed E-state index contributed by atoms with van der Waals surface area (Å²) in [5.74, 6) is 0. The van der Waals surface area contributed by atoms with Crippen molar-refractivity contribution in [2.45, 2.75) is 26.3 Å². The van der Waals surface area contributed by atoms with Gasteiger partial charge in [0.15, 0.2) is 0 Å². The molecule has 0 bridgehead atoms. The molecule has 17 heavy (non-hydrogen) atoms. The number of rotatable bonds is 8. The third kappa shape index (κ3) is 6.06. The summed E-state index contributed by atoms with van der Waals surface area (Å²) in [5, 5.41) is 4.28. The first kappa shape index (κ1) is 14.5. The van der Waals surface area contributed by atoms with E-state index in [1.807, 2.05) is 18.2 Å². The van der Waals surface area contributed by atoms with E-state index in [2.05, 4.69) is 30.3 Å². The van der Waals surface area contributed by atoms with Gasteiger partial charge in [-0.3, -0.25) is 0 Å². The van der Waals surface area contributed by atoms with Gasteiger partial charge in [-0.1, -0.05) is 36.7 Å². The van der Waals surface area contributed by atoms with E-state index >= 15 is 0 Å². The molecular weight excluding hydrogens is 232 g/mol. The normalized spacial score (nSPS) is 11.1. The number of halogens is 1. The second-order valence-electron chi connectivity index (χ2n) is 4.43. The monoisotopic (exact) mass is 254 g/mol. The standard InChI is InChI=1S/C14H23ClN2/c1-3-9-16-10-6-11-17(2)12-13-7-4-5-8-14(13)15/h4-5,7-8,16H,3,6,9-12H2,1-2H3. The zero-order chi connectivity index (χ0) is 12.5.